The SMILES string of the molecule is CCNCc1cn(CC)nc1CC. The van der Waals surface area contributed by atoms with E-state index in [2.05, 4.69) is 37.4 Å². The molecule has 0 fully saturated rings. The average Bonchev–Trinajstić information content (AvgIpc) is 2.57. The van der Waals surface area contributed by atoms with Crippen molar-refractivity contribution in [2.75, 3.05) is 6.54 Å². The summed E-state index contributed by atoms with van der Waals surface area (Å²) in [6.07, 6.45) is 3.16. The van der Waals surface area contributed by atoms with E-state index < -0.39 is 0 Å². The van der Waals surface area contributed by atoms with Crippen molar-refractivity contribution in [3.05, 3.63) is 17.5 Å². The van der Waals surface area contributed by atoms with Gasteiger partial charge in [0.2, 0.25) is 0 Å². The Morgan fingerprint density at radius 1 is 1.38 bits per heavy atom. The topological polar surface area (TPSA) is 29.9 Å². The van der Waals surface area contributed by atoms with Crippen molar-refractivity contribution in [3.8, 4) is 0 Å². The Kier molecular flexibility index (Phi) is 3.96. The summed E-state index contributed by atoms with van der Waals surface area (Å²) in [6.45, 7) is 9.30. The molecule has 0 saturated heterocycles. The second-order valence-corrected chi connectivity index (χ2v) is 3.09. The maximum Gasteiger partial charge on any atom is 0.0666 e. The van der Waals surface area contributed by atoms with Gasteiger partial charge in [0.1, 0.15) is 0 Å². The van der Waals surface area contributed by atoms with E-state index in [1.54, 1.807) is 0 Å². The van der Waals surface area contributed by atoms with Gasteiger partial charge in [-0.15, -0.1) is 0 Å². The molecule has 0 radical (unpaired) electrons. The lowest BCUT2D eigenvalue weighted by molar-refractivity contribution is 0.648. The summed E-state index contributed by atoms with van der Waals surface area (Å²) in [5, 5.41) is 7.80. The molecule has 1 rings (SSSR count). The van der Waals surface area contributed by atoms with Gasteiger partial charge in [-0.1, -0.05) is 13.8 Å². The van der Waals surface area contributed by atoms with Crippen LogP contribution in [0.4, 0.5) is 0 Å². The minimum atomic E-state index is 0.944. The molecule has 1 aromatic heterocycles. The van der Waals surface area contributed by atoms with Crippen molar-refractivity contribution >= 4 is 0 Å². The van der Waals surface area contributed by atoms with Crippen LogP contribution in [0.15, 0.2) is 6.20 Å². The summed E-state index contributed by atoms with van der Waals surface area (Å²) in [7, 11) is 0. The zero-order valence-corrected chi connectivity index (χ0v) is 8.80. The Morgan fingerprint density at radius 3 is 2.69 bits per heavy atom. The number of hydrogen-bond donors (Lipinski definition) is 1. The lowest BCUT2D eigenvalue weighted by Gasteiger charge is -1.99. The molecular weight excluding hydrogens is 162 g/mol. The molecule has 3 heteroatoms. The maximum absolute atomic E-state index is 4.48. The van der Waals surface area contributed by atoms with E-state index >= 15 is 0 Å². The normalized spacial score (nSPS) is 10.7. The van der Waals surface area contributed by atoms with Crippen molar-refractivity contribution in [3.63, 3.8) is 0 Å². The summed E-state index contributed by atoms with van der Waals surface area (Å²) in [5.74, 6) is 0. The predicted molar refractivity (Wildman–Crippen MR) is 54.7 cm³/mol. The molecule has 0 atom stereocenters. The average molecular weight is 181 g/mol. The fourth-order valence-electron chi connectivity index (χ4n) is 1.37. The molecule has 0 bridgehead atoms. The van der Waals surface area contributed by atoms with Gasteiger partial charge in [-0.05, 0) is 19.9 Å². The number of aryl methyl sites for hydroxylation is 2. The van der Waals surface area contributed by atoms with Crippen LogP contribution in [0.5, 0.6) is 0 Å². The minimum Gasteiger partial charge on any atom is -0.313 e. The Balaban J connectivity index is 2.71. The van der Waals surface area contributed by atoms with Gasteiger partial charge in [0.15, 0.2) is 0 Å². The number of nitrogens with one attached hydrogen (secondary N) is 1. The zero-order valence-electron chi connectivity index (χ0n) is 8.80. The molecule has 0 aliphatic rings. The number of rotatable bonds is 5. The molecule has 74 valence electrons. The van der Waals surface area contributed by atoms with Gasteiger partial charge in [-0.25, -0.2) is 0 Å². The largest absolute Gasteiger partial charge is 0.313 e. The van der Waals surface area contributed by atoms with E-state index in [-0.39, 0.29) is 0 Å². The first kappa shape index (κ1) is 10.3. The predicted octanol–water partition coefficient (Wildman–Crippen LogP) is 1.57. The second kappa shape index (κ2) is 5.02. The standard InChI is InChI=1S/C10H19N3/c1-4-10-9(7-11-5-2)8-13(6-3)12-10/h8,11H,4-7H2,1-3H3. The summed E-state index contributed by atoms with van der Waals surface area (Å²) in [4.78, 5) is 0. The monoisotopic (exact) mass is 181 g/mol. The highest BCUT2D eigenvalue weighted by molar-refractivity contribution is 5.16. The van der Waals surface area contributed by atoms with E-state index in [4.69, 9.17) is 0 Å². The van der Waals surface area contributed by atoms with E-state index in [0.717, 1.165) is 26.1 Å². The molecule has 0 aliphatic heterocycles. The molecule has 1 heterocycles. The van der Waals surface area contributed by atoms with Crippen molar-refractivity contribution in [1.29, 1.82) is 0 Å². The smallest absolute Gasteiger partial charge is 0.0666 e. The minimum absolute atomic E-state index is 0.944. The fourth-order valence-corrected chi connectivity index (χ4v) is 1.37. The number of aromatic nitrogens is 2. The Labute approximate surface area is 80.1 Å². The lowest BCUT2D eigenvalue weighted by atomic mass is 10.2. The molecule has 0 spiro atoms. The van der Waals surface area contributed by atoms with E-state index in [1.165, 1.54) is 11.3 Å². The molecule has 0 aromatic carbocycles. The highest BCUT2D eigenvalue weighted by Gasteiger charge is 2.04. The van der Waals surface area contributed by atoms with Gasteiger partial charge >= 0.3 is 0 Å². The number of hydrogen-bond acceptors (Lipinski definition) is 2. The van der Waals surface area contributed by atoms with Crippen LogP contribution in [-0.2, 0) is 19.5 Å². The Hall–Kier alpha value is -0.830. The first-order valence-electron chi connectivity index (χ1n) is 5.07. The molecular formula is C10H19N3. The molecule has 3 nitrogen and oxygen atoms in total. The molecule has 1 N–H and O–H groups in total. The van der Waals surface area contributed by atoms with Crippen LogP contribution in [0.1, 0.15) is 32.0 Å². The quantitative estimate of drug-likeness (QED) is 0.747. The molecule has 0 aliphatic carbocycles. The van der Waals surface area contributed by atoms with Crippen LogP contribution in [0.2, 0.25) is 0 Å². The summed E-state index contributed by atoms with van der Waals surface area (Å²) < 4.78 is 2.01. The Bertz CT molecular complexity index is 253. The summed E-state index contributed by atoms with van der Waals surface area (Å²) in [5.41, 5.74) is 2.56. The first-order valence-corrected chi connectivity index (χ1v) is 5.07. The highest BCUT2D eigenvalue weighted by Crippen LogP contribution is 2.07. The molecule has 13 heavy (non-hydrogen) atoms. The van der Waals surface area contributed by atoms with Gasteiger partial charge in [0.25, 0.3) is 0 Å². The zero-order chi connectivity index (χ0) is 9.68. The van der Waals surface area contributed by atoms with Gasteiger partial charge in [0.05, 0.1) is 5.69 Å². The van der Waals surface area contributed by atoms with Crippen molar-refractivity contribution < 1.29 is 0 Å². The maximum atomic E-state index is 4.48. The highest BCUT2D eigenvalue weighted by atomic mass is 15.3. The molecule has 0 unspecified atom stereocenters. The van der Waals surface area contributed by atoms with Gasteiger partial charge in [-0.3, -0.25) is 4.68 Å². The van der Waals surface area contributed by atoms with Crippen molar-refractivity contribution in [2.45, 2.75) is 40.3 Å². The number of nitrogens with zero attached hydrogens (tertiary/aromatic N) is 2. The van der Waals surface area contributed by atoms with E-state index in [9.17, 15) is 0 Å². The van der Waals surface area contributed by atoms with Crippen molar-refractivity contribution in [2.24, 2.45) is 0 Å². The third-order valence-corrected chi connectivity index (χ3v) is 2.15. The van der Waals surface area contributed by atoms with Gasteiger partial charge in [0, 0.05) is 24.8 Å². The Morgan fingerprint density at radius 2 is 2.15 bits per heavy atom. The van der Waals surface area contributed by atoms with Crippen LogP contribution in [-0.4, -0.2) is 16.3 Å². The van der Waals surface area contributed by atoms with Crippen LogP contribution in [0, 0.1) is 0 Å². The van der Waals surface area contributed by atoms with Crippen LogP contribution >= 0.6 is 0 Å². The van der Waals surface area contributed by atoms with E-state index in [1.807, 2.05) is 4.68 Å². The van der Waals surface area contributed by atoms with E-state index in [0.29, 0.717) is 0 Å². The summed E-state index contributed by atoms with van der Waals surface area (Å²) in [6, 6.07) is 0. The lowest BCUT2D eigenvalue weighted by Crippen LogP contribution is -2.12. The molecule has 0 saturated carbocycles. The summed E-state index contributed by atoms with van der Waals surface area (Å²) >= 11 is 0. The van der Waals surface area contributed by atoms with Crippen molar-refractivity contribution in [1.82, 2.24) is 15.1 Å². The third-order valence-electron chi connectivity index (χ3n) is 2.15. The first-order chi connectivity index (χ1) is 6.31. The van der Waals surface area contributed by atoms with Gasteiger partial charge < -0.3 is 5.32 Å². The third kappa shape index (κ3) is 2.56. The van der Waals surface area contributed by atoms with Gasteiger partial charge in [-0.2, -0.15) is 5.10 Å². The second-order valence-electron chi connectivity index (χ2n) is 3.09. The molecule has 1 aromatic rings. The van der Waals surface area contributed by atoms with Crippen LogP contribution in [0.25, 0.3) is 0 Å². The molecule has 0 amide bonds. The fraction of sp³-hybridized carbons (Fsp3) is 0.700. The van der Waals surface area contributed by atoms with Crippen LogP contribution < -0.4 is 5.32 Å². The van der Waals surface area contributed by atoms with Crippen LogP contribution in [0.3, 0.4) is 0 Å².